The van der Waals surface area contributed by atoms with Gasteiger partial charge in [0, 0.05) is 50.5 Å². The maximum absolute atomic E-state index is 12.7. The van der Waals surface area contributed by atoms with E-state index >= 15 is 0 Å². The first-order valence-electron chi connectivity index (χ1n) is 10.1. The van der Waals surface area contributed by atoms with E-state index in [-0.39, 0.29) is 5.91 Å². The van der Waals surface area contributed by atoms with Gasteiger partial charge in [-0.3, -0.25) is 9.69 Å². The van der Waals surface area contributed by atoms with E-state index in [2.05, 4.69) is 39.7 Å². The quantitative estimate of drug-likeness (QED) is 0.761. The number of carbonyl (C=O) groups excluding carboxylic acids is 1. The van der Waals surface area contributed by atoms with Crippen molar-refractivity contribution >= 4 is 23.2 Å². The molecule has 0 bridgehead atoms. The van der Waals surface area contributed by atoms with E-state index in [1.54, 1.807) is 11.3 Å². The van der Waals surface area contributed by atoms with Crippen LogP contribution in [0.15, 0.2) is 35.8 Å². The van der Waals surface area contributed by atoms with Gasteiger partial charge in [-0.05, 0) is 49.4 Å². The lowest BCUT2D eigenvalue weighted by Crippen LogP contribution is -2.47. The highest BCUT2D eigenvalue weighted by molar-refractivity contribution is 7.12. The average molecular weight is 458 g/mol. The number of nitrogens with zero attached hydrogens (tertiary/aromatic N) is 3. The molecular weight excluding hydrogens is 431 g/mol. The van der Waals surface area contributed by atoms with Gasteiger partial charge in [-0.25, -0.2) is 4.79 Å². The Morgan fingerprint density at radius 2 is 1.90 bits per heavy atom. The van der Waals surface area contributed by atoms with Gasteiger partial charge >= 0.3 is 12.1 Å². The number of aryl methyl sites for hydroxylation is 1. The zero-order valence-corrected chi connectivity index (χ0v) is 18.1. The Morgan fingerprint density at radius 3 is 2.48 bits per heavy atom. The Bertz CT molecular complexity index is 897. The smallest absolute Gasteiger partial charge is 0.475 e. The number of rotatable bonds is 3. The number of thiophene rings is 1. The maximum Gasteiger partial charge on any atom is 0.490 e. The molecule has 31 heavy (non-hydrogen) atoms. The van der Waals surface area contributed by atoms with Crippen LogP contribution in [0.5, 0.6) is 0 Å². The molecule has 1 spiro atoms. The highest BCUT2D eigenvalue weighted by Gasteiger charge is 2.42. The summed E-state index contributed by atoms with van der Waals surface area (Å²) in [6.07, 6.45) is 0.634. The van der Waals surface area contributed by atoms with Gasteiger partial charge in [0.2, 0.25) is 0 Å². The number of hydrogen-bond acceptors (Lipinski definition) is 4. The van der Waals surface area contributed by atoms with Crippen LogP contribution >= 0.6 is 11.3 Å². The highest BCUT2D eigenvalue weighted by atomic mass is 32.1. The first-order chi connectivity index (χ1) is 14.6. The van der Waals surface area contributed by atoms with Crippen molar-refractivity contribution in [3.63, 3.8) is 0 Å². The molecule has 2 aromatic heterocycles. The summed E-state index contributed by atoms with van der Waals surface area (Å²) in [4.78, 5) is 27.1. The normalized spacial score (nSPS) is 21.7. The van der Waals surface area contributed by atoms with E-state index in [4.69, 9.17) is 9.90 Å². The Labute approximate surface area is 182 Å². The molecule has 0 aromatic carbocycles. The van der Waals surface area contributed by atoms with Crippen molar-refractivity contribution in [2.75, 3.05) is 26.2 Å². The van der Waals surface area contributed by atoms with Gasteiger partial charge in [-0.15, -0.1) is 11.3 Å². The second-order valence-electron chi connectivity index (χ2n) is 8.18. The van der Waals surface area contributed by atoms with Crippen LogP contribution in [0.2, 0.25) is 0 Å². The zero-order valence-electron chi connectivity index (χ0n) is 17.3. The highest BCUT2D eigenvalue weighted by Crippen LogP contribution is 2.40. The first-order valence-corrected chi connectivity index (χ1v) is 10.9. The molecule has 1 amide bonds. The van der Waals surface area contributed by atoms with Crippen LogP contribution in [-0.2, 0) is 18.4 Å². The number of halogens is 3. The van der Waals surface area contributed by atoms with E-state index < -0.39 is 12.1 Å². The average Bonchev–Trinajstić information content (AvgIpc) is 3.45. The lowest BCUT2D eigenvalue weighted by molar-refractivity contribution is -0.192. The fourth-order valence-electron chi connectivity index (χ4n) is 4.32. The summed E-state index contributed by atoms with van der Waals surface area (Å²) >= 11 is 1.56. The molecule has 4 rings (SSSR count). The van der Waals surface area contributed by atoms with Crippen LogP contribution in [-0.4, -0.2) is 63.7 Å². The number of likely N-dealkylation sites (tertiary alicyclic amines) is 2. The van der Waals surface area contributed by atoms with Crippen molar-refractivity contribution in [1.82, 2.24) is 14.4 Å². The number of carboxylic acids is 1. The minimum Gasteiger partial charge on any atom is -0.475 e. The number of aliphatic carboxylic acids is 1. The van der Waals surface area contributed by atoms with Gasteiger partial charge in [0.05, 0.1) is 4.88 Å². The lowest BCUT2D eigenvalue weighted by atomic mass is 9.79. The minimum absolute atomic E-state index is 0.227. The van der Waals surface area contributed by atoms with Gasteiger partial charge in [-0.1, -0.05) is 6.07 Å². The number of carbonyl (C=O) groups is 2. The van der Waals surface area contributed by atoms with Crippen molar-refractivity contribution in [3.8, 4) is 0 Å². The first kappa shape index (κ1) is 23.3. The molecule has 170 valence electrons. The molecule has 10 heteroatoms. The number of hydrogen-bond donors (Lipinski definition) is 1. The molecule has 2 aliphatic rings. The molecule has 2 saturated heterocycles. The standard InChI is InChI=1S/C19H25N3OS.C2HF3O2/c1-20-9-2-5-16(20)13-21-11-8-19(14-21)7-4-10-22(15-19)18(23)17-6-3-12-24-17;3-2(4,5)1(6)7/h2-3,5-6,9,12H,4,7-8,10-11,13-15H2,1H3;(H,6,7). The molecule has 1 N–H and O–H groups in total. The summed E-state index contributed by atoms with van der Waals surface area (Å²) in [5, 5.41) is 9.12. The number of aromatic nitrogens is 1. The predicted octanol–water partition coefficient (Wildman–Crippen LogP) is 3.85. The summed E-state index contributed by atoms with van der Waals surface area (Å²) in [6.45, 7) is 5.12. The van der Waals surface area contributed by atoms with Gasteiger partial charge < -0.3 is 14.6 Å². The van der Waals surface area contributed by atoms with Crippen LogP contribution in [0, 0.1) is 5.41 Å². The van der Waals surface area contributed by atoms with Crippen molar-refractivity contribution in [1.29, 1.82) is 0 Å². The number of amides is 1. The van der Waals surface area contributed by atoms with Crippen molar-refractivity contribution in [2.45, 2.75) is 32.0 Å². The summed E-state index contributed by atoms with van der Waals surface area (Å²) < 4.78 is 33.9. The minimum atomic E-state index is -5.08. The Hall–Kier alpha value is -2.33. The van der Waals surface area contributed by atoms with Crippen molar-refractivity contribution < 1.29 is 27.9 Å². The monoisotopic (exact) mass is 457 g/mol. The van der Waals surface area contributed by atoms with Crippen LogP contribution in [0.3, 0.4) is 0 Å². The largest absolute Gasteiger partial charge is 0.490 e. The zero-order chi connectivity index (χ0) is 22.6. The SMILES string of the molecule is Cn1cccc1CN1CCC2(CCCN(C(=O)c3cccs3)C2)C1.O=C(O)C(F)(F)F. The molecule has 2 fully saturated rings. The third kappa shape index (κ3) is 5.88. The van der Waals surface area contributed by atoms with E-state index in [9.17, 15) is 18.0 Å². The molecule has 1 atom stereocenters. The third-order valence-corrected chi connectivity index (χ3v) is 6.74. The topological polar surface area (TPSA) is 65.8 Å². The molecule has 0 aliphatic carbocycles. The van der Waals surface area contributed by atoms with Gasteiger partial charge in [0.25, 0.3) is 5.91 Å². The Balaban J connectivity index is 0.000000339. The number of piperidine rings is 1. The van der Waals surface area contributed by atoms with E-state index in [0.717, 1.165) is 44.0 Å². The van der Waals surface area contributed by atoms with Crippen LogP contribution < -0.4 is 0 Å². The summed E-state index contributed by atoms with van der Waals surface area (Å²) in [6, 6.07) is 8.24. The van der Waals surface area contributed by atoms with Gasteiger partial charge in [0.15, 0.2) is 0 Å². The fourth-order valence-corrected chi connectivity index (χ4v) is 5.01. The van der Waals surface area contributed by atoms with Crippen LogP contribution in [0.25, 0.3) is 0 Å². The summed E-state index contributed by atoms with van der Waals surface area (Å²) in [7, 11) is 2.11. The molecule has 0 radical (unpaired) electrons. The lowest BCUT2D eigenvalue weighted by Gasteiger charge is -2.40. The maximum atomic E-state index is 12.7. The second-order valence-corrected chi connectivity index (χ2v) is 9.13. The third-order valence-electron chi connectivity index (χ3n) is 5.88. The summed E-state index contributed by atoms with van der Waals surface area (Å²) in [5.74, 6) is -2.53. The molecular formula is C21H26F3N3O3S. The molecule has 0 saturated carbocycles. The van der Waals surface area contributed by atoms with Gasteiger partial charge in [-0.2, -0.15) is 13.2 Å². The Kier molecular flexibility index (Phi) is 7.10. The predicted molar refractivity (Wildman–Crippen MR) is 111 cm³/mol. The van der Waals surface area contributed by atoms with E-state index in [1.165, 1.54) is 18.5 Å². The van der Waals surface area contributed by atoms with Crippen molar-refractivity contribution in [2.24, 2.45) is 12.5 Å². The van der Waals surface area contributed by atoms with Crippen LogP contribution in [0.4, 0.5) is 13.2 Å². The summed E-state index contributed by atoms with van der Waals surface area (Å²) in [5.41, 5.74) is 1.67. The number of alkyl halides is 3. The number of carboxylic acid groups (broad SMARTS) is 1. The Morgan fingerprint density at radius 1 is 1.16 bits per heavy atom. The van der Waals surface area contributed by atoms with Crippen LogP contribution in [0.1, 0.15) is 34.6 Å². The molecule has 4 heterocycles. The molecule has 6 nitrogen and oxygen atoms in total. The molecule has 2 aromatic rings. The second kappa shape index (κ2) is 9.44. The molecule has 2 aliphatic heterocycles. The van der Waals surface area contributed by atoms with Gasteiger partial charge in [0.1, 0.15) is 0 Å². The fraction of sp³-hybridized carbons (Fsp3) is 0.524. The van der Waals surface area contributed by atoms with E-state index in [0.29, 0.717) is 5.41 Å². The van der Waals surface area contributed by atoms with Crippen molar-refractivity contribution in [3.05, 3.63) is 46.4 Å². The molecule has 1 unspecified atom stereocenters. The van der Waals surface area contributed by atoms with E-state index in [1.807, 2.05) is 17.5 Å².